The number of hydrogen-bond acceptors (Lipinski definition) is 2. The maximum atomic E-state index is 2.48. The Kier molecular flexibility index (Phi) is 1.92. The topological polar surface area (TPSA) is 6.48 Å². The number of hydrogen-bond donors (Lipinski definition) is 0. The van der Waals surface area contributed by atoms with Crippen LogP contribution >= 0.6 is 0 Å². The standard InChI is InChI=1S/C10H20N2/c1-11(2)9-6-10(7-9)4-5-12(3)8-10/h9H,4-8H2,1-3H3. The van der Waals surface area contributed by atoms with Crippen molar-refractivity contribution in [3.63, 3.8) is 0 Å². The monoisotopic (exact) mass is 168 g/mol. The first-order valence-corrected chi connectivity index (χ1v) is 4.96. The van der Waals surface area contributed by atoms with Crippen LogP contribution in [0.25, 0.3) is 0 Å². The molecular formula is C10H20N2. The molecule has 0 aromatic heterocycles. The molecule has 2 nitrogen and oxygen atoms in total. The molecule has 1 heterocycles. The van der Waals surface area contributed by atoms with Crippen molar-refractivity contribution in [2.75, 3.05) is 34.2 Å². The summed E-state index contributed by atoms with van der Waals surface area (Å²) in [6, 6.07) is 0.872. The molecule has 0 atom stereocenters. The van der Waals surface area contributed by atoms with E-state index in [0.29, 0.717) is 0 Å². The molecule has 0 aromatic rings. The first kappa shape index (κ1) is 8.52. The molecule has 1 spiro atoms. The van der Waals surface area contributed by atoms with Crippen molar-refractivity contribution in [3.05, 3.63) is 0 Å². The van der Waals surface area contributed by atoms with Crippen molar-refractivity contribution in [3.8, 4) is 0 Å². The molecule has 70 valence electrons. The average molecular weight is 168 g/mol. The van der Waals surface area contributed by atoms with Crippen molar-refractivity contribution in [1.29, 1.82) is 0 Å². The molecule has 2 fully saturated rings. The van der Waals surface area contributed by atoms with E-state index in [4.69, 9.17) is 0 Å². The fourth-order valence-corrected chi connectivity index (χ4v) is 2.80. The van der Waals surface area contributed by atoms with E-state index in [1.54, 1.807) is 0 Å². The van der Waals surface area contributed by atoms with E-state index in [-0.39, 0.29) is 0 Å². The van der Waals surface area contributed by atoms with Gasteiger partial charge in [0, 0.05) is 12.6 Å². The zero-order valence-corrected chi connectivity index (χ0v) is 8.51. The van der Waals surface area contributed by atoms with E-state index in [0.717, 1.165) is 11.5 Å². The number of nitrogens with zero attached hydrogens (tertiary/aromatic N) is 2. The Morgan fingerprint density at radius 1 is 1.33 bits per heavy atom. The van der Waals surface area contributed by atoms with Gasteiger partial charge in [-0.3, -0.25) is 0 Å². The second-order valence-electron chi connectivity index (χ2n) is 5.01. The quantitative estimate of drug-likeness (QED) is 0.577. The zero-order valence-electron chi connectivity index (χ0n) is 8.51. The minimum Gasteiger partial charge on any atom is -0.306 e. The van der Waals surface area contributed by atoms with Crippen LogP contribution in [0.5, 0.6) is 0 Å². The van der Waals surface area contributed by atoms with Gasteiger partial charge in [-0.15, -0.1) is 0 Å². The minimum absolute atomic E-state index is 0.726. The Bertz CT molecular complexity index is 171. The molecule has 2 aliphatic rings. The highest BCUT2D eigenvalue weighted by molar-refractivity contribution is 5.02. The highest BCUT2D eigenvalue weighted by Gasteiger charge is 2.47. The van der Waals surface area contributed by atoms with Gasteiger partial charge >= 0.3 is 0 Å². The van der Waals surface area contributed by atoms with Crippen LogP contribution in [0.1, 0.15) is 19.3 Å². The number of likely N-dealkylation sites (tertiary alicyclic amines) is 1. The smallest absolute Gasteiger partial charge is 0.0101 e. The minimum atomic E-state index is 0.726. The largest absolute Gasteiger partial charge is 0.306 e. The first-order valence-electron chi connectivity index (χ1n) is 4.96. The van der Waals surface area contributed by atoms with E-state index in [1.807, 2.05) is 0 Å². The molecule has 2 rings (SSSR count). The Morgan fingerprint density at radius 2 is 2.00 bits per heavy atom. The van der Waals surface area contributed by atoms with E-state index in [1.165, 1.54) is 32.4 Å². The SMILES string of the molecule is CN1CCC2(CC(N(C)C)C2)C1. The lowest BCUT2D eigenvalue weighted by Crippen LogP contribution is -2.49. The zero-order chi connectivity index (χ0) is 8.77. The van der Waals surface area contributed by atoms with Gasteiger partial charge in [-0.1, -0.05) is 0 Å². The molecule has 0 bridgehead atoms. The highest BCUT2D eigenvalue weighted by Crippen LogP contribution is 2.49. The maximum Gasteiger partial charge on any atom is 0.0101 e. The summed E-state index contributed by atoms with van der Waals surface area (Å²) in [5.74, 6) is 0. The normalized spacial score (nSPS) is 42.5. The second-order valence-corrected chi connectivity index (χ2v) is 5.01. The van der Waals surface area contributed by atoms with Crippen LogP contribution in [0.15, 0.2) is 0 Å². The third-order valence-electron chi connectivity index (χ3n) is 3.70. The molecule has 1 aliphatic heterocycles. The summed E-state index contributed by atoms with van der Waals surface area (Å²) in [5.41, 5.74) is 0.726. The van der Waals surface area contributed by atoms with Crippen molar-refractivity contribution >= 4 is 0 Å². The molecule has 0 amide bonds. The molecule has 1 saturated heterocycles. The third-order valence-corrected chi connectivity index (χ3v) is 3.70. The molecule has 1 saturated carbocycles. The van der Waals surface area contributed by atoms with Gasteiger partial charge < -0.3 is 9.80 Å². The lowest BCUT2D eigenvalue weighted by molar-refractivity contribution is 0.0349. The predicted octanol–water partition coefficient (Wildman–Crippen LogP) is 1.03. The van der Waals surface area contributed by atoms with Gasteiger partial charge in [-0.25, -0.2) is 0 Å². The Balaban J connectivity index is 1.87. The molecule has 2 heteroatoms. The lowest BCUT2D eigenvalue weighted by Gasteiger charge is -2.48. The first-order chi connectivity index (χ1) is 5.61. The Hall–Kier alpha value is -0.0800. The molecule has 12 heavy (non-hydrogen) atoms. The summed E-state index contributed by atoms with van der Waals surface area (Å²) in [5, 5.41) is 0. The van der Waals surface area contributed by atoms with E-state index in [9.17, 15) is 0 Å². The van der Waals surface area contributed by atoms with Gasteiger partial charge in [0.1, 0.15) is 0 Å². The summed E-state index contributed by atoms with van der Waals surface area (Å²) in [6.07, 6.45) is 4.31. The average Bonchev–Trinajstić information content (AvgIpc) is 2.27. The number of rotatable bonds is 1. The summed E-state index contributed by atoms with van der Waals surface area (Å²) in [4.78, 5) is 4.86. The van der Waals surface area contributed by atoms with Crippen molar-refractivity contribution in [1.82, 2.24) is 9.80 Å². The van der Waals surface area contributed by atoms with Crippen molar-refractivity contribution < 1.29 is 0 Å². The van der Waals surface area contributed by atoms with Crippen LogP contribution < -0.4 is 0 Å². The van der Waals surface area contributed by atoms with Crippen LogP contribution in [0.4, 0.5) is 0 Å². The van der Waals surface area contributed by atoms with Crippen LogP contribution in [-0.2, 0) is 0 Å². The summed E-state index contributed by atoms with van der Waals surface area (Å²) >= 11 is 0. The Morgan fingerprint density at radius 3 is 2.42 bits per heavy atom. The van der Waals surface area contributed by atoms with Gasteiger partial charge in [0.25, 0.3) is 0 Å². The van der Waals surface area contributed by atoms with Crippen LogP contribution in [0.3, 0.4) is 0 Å². The molecule has 0 radical (unpaired) electrons. The van der Waals surface area contributed by atoms with Crippen LogP contribution in [0, 0.1) is 5.41 Å². The fourth-order valence-electron chi connectivity index (χ4n) is 2.80. The molecule has 0 N–H and O–H groups in total. The van der Waals surface area contributed by atoms with E-state index >= 15 is 0 Å². The van der Waals surface area contributed by atoms with Gasteiger partial charge in [-0.05, 0) is 52.4 Å². The van der Waals surface area contributed by atoms with Gasteiger partial charge in [0.05, 0.1) is 0 Å². The Labute approximate surface area is 75.5 Å². The molecule has 0 unspecified atom stereocenters. The van der Waals surface area contributed by atoms with Crippen LogP contribution in [-0.4, -0.2) is 50.1 Å². The van der Waals surface area contributed by atoms with E-state index < -0.39 is 0 Å². The third kappa shape index (κ3) is 1.27. The fraction of sp³-hybridized carbons (Fsp3) is 1.00. The predicted molar refractivity (Wildman–Crippen MR) is 51.3 cm³/mol. The van der Waals surface area contributed by atoms with Gasteiger partial charge in [0.15, 0.2) is 0 Å². The van der Waals surface area contributed by atoms with E-state index in [2.05, 4.69) is 30.9 Å². The molecule has 0 aromatic carbocycles. The van der Waals surface area contributed by atoms with Crippen molar-refractivity contribution in [2.45, 2.75) is 25.3 Å². The van der Waals surface area contributed by atoms with Gasteiger partial charge in [-0.2, -0.15) is 0 Å². The molecule has 1 aliphatic carbocycles. The summed E-state index contributed by atoms with van der Waals surface area (Å²) in [6.45, 7) is 2.66. The van der Waals surface area contributed by atoms with Gasteiger partial charge in [0.2, 0.25) is 0 Å². The lowest BCUT2D eigenvalue weighted by atomic mass is 9.64. The second kappa shape index (κ2) is 2.71. The van der Waals surface area contributed by atoms with Crippen molar-refractivity contribution in [2.24, 2.45) is 5.41 Å². The summed E-state index contributed by atoms with van der Waals surface area (Å²) in [7, 11) is 6.66. The highest BCUT2D eigenvalue weighted by atomic mass is 15.2. The van der Waals surface area contributed by atoms with Crippen LogP contribution in [0.2, 0.25) is 0 Å². The summed E-state index contributed by atoms with van der Waals surface area (Å²) < 4.78 is 0. The maximum absolute atomic E-state index is 2.48. The molecular weight excluding hydrogens is 148 g/mol.